The average Bonchev–Trinajstić information content (AvgIpc) is 2.70. The molecule has 0 amide bonds. The van der Waals surface area contributed by atoms with Crippen molar-refractivity contribution in [2.24, 2.45) is 0 Å². The van der Waals surface area contributed by atoms with E-state index >= 15 is 0 Å². The van der Waals surface area contributed by atoms with E-state index < -0.39 is 5.97 Å². The molecule has 1 aromatic heterocycles. The Morgan fingerprint density at radius 1 is 1.47 bits per heavy atom. The van der Waals surface area contributed by atoms with Crippen LogP contribution >= 0.6 is 0 Å². The third-order valence-electron chi connectivity index (χ3n) is 3.64. The number of rotatable bonds is 3. The zero-order chi connectivity index (χ0) is 13.4. The maximum Gasteiger partial charge on any atom is 0.303 e. The number of nitrogens with zero attached hydrogens (tertiary/aromatic N) is 1. The van der Waals surface area contributed by atoms with Gasteiger partial charge >= 0.3 is 5.97 Å². The maximum atomic E-state index is 13.4. The molecule has 1 aliphatic rings. The second-order valence-electron chi connectivity index (χ2n) is 4.81. The van der Waals surface area contributed by atoms with Gasteiger partial charge in [-0.15, -0.1) is 0 Å². The van der Waals surface area contributed by atoms with Gasteiger partial charge in [0.2, 0.25) is 0 Å². The number of fused-ring (bicyclic) bond motifs is 3. The number of carbonyl (C=O) groups is 1. The van der Waals surface area contributed by atoms with Gasteiger partial charge in [0.05, 0.1) is 5.52 Å². The first-order chi connectivity index (χ1) is 9.16. The quantitative estimate of drug-likeness (QED) is 0.888. The van der Waals surface area contributed by atoms with Crippen LogP contribution in [0.25, 0.3) is 10.9 Å². The molecule has 0 atom stereocenters. The minimum atomic E-state index is -0.806. The molecule has 5 heteroatoms. The Bertz CT molecular complexity index is 648. The van der Waals surface area contributed by atoms with Gasteiger partial charge in [-0.25, -0.2) is 4.39 Å². The molecule has 0 spiro atoms. The summed E-state index contributed by atoms with van der Waals surface area (Å²) in [6, 6.07) is 4.73. The minimum absolute atomic E-state index is 0.101. The van der Waals surface area contributed by atoms with E-state index in [0.29, 0.717) is 13.0 Å². The lowest BCUT2D eigenvalue weighted by Crippen LogP contribution is -2.28. The molecule has 4 nitrogen and oxygen atoms in total. The van der Waals surface area contributed by atoms with Gasteiger partial charge in [-0.2, -0.15) is 0 Å². The number of aryl methyl sites for hydroxylation is 1. The predicted molar refractivity (Wildman–Crippen MR) is 69.6 cm³/mol. The van der Waals surface area contributed by atoms with Crippen LogP contribution in [0.3, 0.4) is 0 Å². The van der Waals surface area contributed by atoms with E-state index in [1.807, 2.05) is 0 Å². The minimum Gasteiger partial charge on any atom is -0.481 e. The monoisotopic (exact) mass is 262 g/mol. The lowest BCUT2D eigenvalue weighted by Gasteiger charge is -2.18. The third kappa shape index (κ3) is 2.10. The average molecular weight is 262 g/mol. The highest BCUT2D eigenvalue weighted by Gasteiger charge is 2.20. The van der Waals surface area contributed by atoms with Crippen LogP contribution in [-0.2, 0) is 24.3 Å². The predicted octanol–water partition coefficient (Wildman–Crippen LogP) is 1.90. The smallest absolute Gasteiger partial charge is 0.303 e. The molecule has 0 aliphatic carbocycles. The molecule has 0 unspecified atom stereocenters. The van der Waals surface area contributed by atoms with Crippen LogP contribution in [0.4, 0.5) is 4.39 Å². The van der Waals surface area contributed by atoms with Crippen LogP contribution in [-0.4, -0.2) is 22.2 Å². The molecule has 0 bridgehead atoms. The summed E-state index contributed by atoms with van der Waals surface area (Å²) in [6.45, 7) is 2.36. The van der Waals surface area contributed by atoms with Crippen molar-refractivity contribution in [3.63, 3.8) is 0 Å². The van der Waals surface area contributed by atoms with Crippen LogP contribution < -0.4 is 5.32 Å². The first kappa shape index (κ1) is 12.2. The van der Waals surface area contributed by atoms with Gasteiger partial charge in [0.15, 0.2) is 0 Å². The first-order valence-corrected chi connectivity index (χ1v) is 6.39. The number of aliphatic carboxylic acids is 1. The topological polar surface area (TPSA) is 54.3 Å². The van der Waals surface area contributed by atoms with Gasteiger partial charge in [0.1, 0.15) is 5.82 Å². The lowest BCUT2D eigenvalue weighted by molar-refractivity contribution is -0.136. The fraction of sp³-hybridized carbons (Fsp3) is 0.357. The van der Waals surface area contributed by atoms with Crippen molar-refractivity contribution in [3.05, 3.63) is 35.3 Å². The van der Waals surface area contributed by atoms with Gasteiger partial charge < -0.3 is 15.0 Å². The molecule has 0 saturated heterocycles. The molecule has 2 heterocycles. The van der Waals surface area contributed by atoms with Crippen molar-refractivity contribution >= 4 is 16.9 Å². The highest BCUT2D eigenvalue weighted by molar-refractivity contribution is 5.86. The molecular weight excluding hydrogens is 247 g/mol. The molecule has 3 rings (SSSR count). The molecular formula is C14H15FN2O2. The van der Waals surface area contributed by atoms with Crippen molar-refractivity contribution in [2.45, 2.75) is 25.9 Å². The molecule has 100 valence electrons. The number of hydrogen-bond donors (Lipinski definition) is 2. The van der Waals surface area contributed by atoms with Gasteiger partial charge in [0.25, 0.3) is 0 Å². The largest absolute Gasteiger partial charge is 0.481 e. The molecule has 1 aromatic carbocycles. The van der Waals surface area contributed by atoms with Gasteiger partial charge in [-0.1, -0.05) is 0 Å². The molecule has 0 saturated carbocycles. The number of carboxylic acids is 1. The molecule has 0 fully saturated rings. The fourth-order valence-corrected chi connectivity index (χ4v) is 2.81. The van der Waals surface area contributed by atoms with E-state index in [1.165, 1.54) is 12.1 Å². The molecule has 0 radical (unpaired) electrons. The van der Waals surface area contributed by atoms with Crippen LogP contribution in [0.5, 0.6) is 0 Å². The Morgan fingerprint density at radius 2 is 2.32 bits per heavy atom. The Balaban J connectivity index is 2.15. The Morgan fingerprint density at radius 3 is 3.11 bits per heavy atom. The van der Waals surface area contributed by atoms with Crippen molar-refractivity contribution in [1.82, 2.24) is 9.88 Å². The Hall–Kier alpha value is -1.88. The van der Waals surface area contributed by atoms with Crippen LogP contribution in [0, 0.1) is 5.82 Å². The zero-order valence-electron chi connectivity index (χ0n) is 10.4. The van der Waals surface area contributed by atoms with Crippen molar-refractivity contribution in [2.75, 3.05) is 6.54 Å². The molecule has 19 heavy (non-hydrogen) atoms. The summed E-state index contributed by atoms with van der Waals surface area (Å²) in [7, 11) is 0. The van der Waals surface area contributed by atoms with Gasteiger partial charge in [-0.3, -0.25) is 4.79 Å². The summed E-state index contributed by atoms with van der Waals surface area (Å²) < 4.78 is 15.5. The van der Waals surface area contributed by atoms with Crippen LogP contribution in [0.2, 0.25) is 0 Å². The summed E-state index contributed by atoms with van der Waals surface area (Å²) in [5, 5.41) is 13.1. The number of hydrogen-bond acceptors (Lipinski definition) is 2. The lowest BCUT2D eigenvalue weighted by atomic mass is 10.1. The summed E-state index contributed by atoms with van der Waals surface area (Å²) in [6.07, 6.45) is 0.588. The Kier molecular flexibility index (Phi) is 2.98. The van der Waals surface area contributed by atoms with E-state index in [2.05, 4.69) is 9.88 Å². The number of benzene rings is 1. The van der Waals surface area contributed by atoms with Crippen molar-refractivity contribution in [1.29, 1.82) is 0 Å². The normalized spacial score (nSPS) is 14.6. The second kappa shape index (κ2) is 4.66. The maximum absolute atomic E-state index is 13.4. The van der Waals surface area contributed by atoms with E-state index in [0.717, 1.165) is 35.2 Å². The summed E-state index contributed by atoms with van der Waals surface area (Å²) in [4.78, 5) is 10.8. The number of aromatic nitrogens is 1. The van der Waals surface area contributed by atoms with Gasteiger partial charge in [-0.05, 0) is 30.2 Å². The Labute approximate surface area is 109 Å². The fourth-order valence-electron chi connectivity index (χ4n) is 2.81. The third-order valence-corrected chi connectivity index (χ3v) is 3.64. The molecule has 2 aromatic rings. The summed E-state index contributed by atoms with van der Waals surface area (Å²) in [5.41, 5.74) is 2.99. The van der Waals surface area contributed by atoms with E-state index in [4.69, 9.17) is 5.11 Å². The van der Waals surface area contributed by atoms with Crippen molar-refractivity contribution in [3.8, 4) is 0 Å². The number of halogens is 1. The van der Waals surface area contributed by atoms with E-state index in [-0.39, 0.29) is 12.2 Å². The first-order valence-electron chi connectivity index (χ1n) is 6.39. The van der Waals surface area contributed by atoms with Crippen LogP contribution in [0.1, 0.15) is 17.7 Å². The number of carboxylic acid groups (broad SMARTS) is 1. The highest BCUT2D eigenvalue weighted by Crippen LogP contribution is 2.29. The molecule has 2 N–H and O–H groups in total. The van der Waals surface area contributed by atoms with Crippen molar-refractivity contribution < 1.29 is 14.3 Å². The standard InChI is InChI=1S/C14H15FN2O2/c15-9-1-2-10-11(3-4-14(18)19)13-8-16-5-6-17(13)12(10)7-9/h1-2,7,16H,3-6,8H2,(H,18,19). The molecule has 1 aliphatic heterocycles. The summed E-state index contributed by atoms with van der Waals surface area (Å²) in [5.74, 6) is -1.06. The number of nitrogens with one attached hydrogen (secondary N) is 1. The van der Waals surface area contributed by atoms with E-state index in [9.17, 15) is 9.18 Å². The zero-order valence-corrected chi connectivity index (χ0v) is 10.4. The van der Waals surface area contributed by atoms with E-state index in [1.54, 1.807) is 6.07 Å². The SMILES string of the molecule is O=C(O)CCc1c2n(c3cc(F)ccc13)CCNC2. The van der Waals surface area contributed by atoms with Crippen LogP contribution in [0.15, 0.2) is 18.2 Å². The summed E-state index contributed by atoms with van der Waals surface area (Å²) >= 11 is 0. The second-order valence-corrected chi connectivity index (χ2v) is 4.81. The highest BCUT2D eigenvalue weighted by atomic mass is 19.1. The van der Waals surface area contributed by atoms with Gasteiger partial charge in [0, 0.05) is 37.1 Å².